The number of anilines is 1. The van der Waals surface area contributed by atoms with E-state index in [-0.39, 0.29) is 0 Å². The van der Waals surface area contributed by atoms with Crippen LogP contribution in [-0.2, 0) is 5.88 Å². The van der Waals surface area contributed by atoms with Gasteiger partial charge in [0.2, 0.25) is 0 Å². The fourth-order valence-electron chi connectivity index (χ4n) is 1.64. The SMILES string of the molecule is CN(C)CCCN(C)c1ccc(CCl)c(Cl)c1. The third-order valence-electron chi connectivity index (χ3n) is 2.72. The monoisotopic (exact) mass is 274 g/mol. The molecule has 0 aliphatic rings. The number of hydrogen-bond donors (Lipinski definition) is 0. The molecule has 0 unspecified atom stereocenters. The minimum absolute atomic E-state index is 0.462. The van der Waals surface area contributed by atoms with Crippen molar-refractivity contribution in [3.63, 3.8) is 0 Å². The maximum Gasteiger partial charge on any atom is 0.0488 e. The van der Waals surface area contributed by atoms with Crippen LogP contribution < -0.4 is 4.90 Å². The van der Waals surface area contributed by atoms with Gasteiger partial charge in [-0.25, -0.2) is 0 Å². The first-order valence-electron chi connectivity index (χ1n) is 5.75. The van der Waals surface area contributed by atoms with Gasteiger partial charge in [0.05, 0.1) is 0 Å². The molecule has 0 aliphatic carbocycles. The van der Waals surface area contributed by atoms with E-state index in [0.717, 1.165) is 35.8 Å². The van der Waals surface area contributed by atoms with Gasteiger partial charge in [0, 0.05) is 30.2 Å². The number of rotatable bonds is 6. The first-order valence-corrected chi connectivity index (χ1v) is 6.66. The highest BCUT2D eigenvalue weighted by Crippen LogP contribution is 2.24. The fourth-order valence-corrected chi connectivity index (χ4v) is 2.18. The lowest BCUT2D eigenvalue weighted by Gasteiger charge is -2.21. The molecule has 0 amide bonds. The Balaban J connectivity index is 2.57. The maximum atomic E-state index is 6.14. The third-order valence-corrected chi connectivity index (χ3v) is 3.36. The highest BCUT2D eigenvalue weighted by molar-refractivity contribution is 6.32. The first kappa shape index (κ1) is 14.6. The lowest BCUT2D eigenvalue weighted by atomic mass is 10.2. The summed E-state index contributed by atoms with van der Waals surface area (Å²) in [4.78, 5) is 4.41. The number of hydrogen-bond acceptors (Lipinski definition) is 2. The van der Waals surface area contributed by atoms with Crippen molar-refractivity contribution in [2.45, 2.75) is 12.3 Å². The van der Waals surface area contributed by atoms with Crippen molar-refractivity contribution in [1.29, 1.82) is 0 Å². The lowest BCUT2D eigenvalue weighted by molar-refractivity contribution is 0.401. The summed E-state index contributed by atoms with van der Waals surface area (Å²) in [5.74, 6) is 0.462. The largest absolute Gasteiger partial charge is 0.375 e. The second-order valence-electron chi connectivity index (χ2n) is 4.49. The van der Waals surface area contributed by atoms with Crippen LogP contribution in [0.2, 0.25) is 5.02 Å². The van der Waals surface area contributed by atoms with Gasteiger partial charge in [-0.05, 0) is 44.8 Å². The van der Waals surface area contributed by atoms with Crippen LogP contribution >= 0.6 is 23.2 Å². The number of nitrogens with zero attached hydrogens (tertiary/aromatic N) is 2. The zero-order valence-corrected chi connectivity index (χ0v) is 12.2. The van der Waals surface area contributed by atoms with E-state index < -0.39 is 0 Å². The molecule has 2 nitrogen and oxygen atoms in total. The van der Waals surface area contributed by atoms with Crippen LogP contribution in [0.25, 0.3) is 0 Å². The standard InChI is InChI=1S/C13H20Cl2N2/c1-16(2)7-4-8-17(3)12-6-5-11(10-14)13(15)9-12/h5-6,9H,4,7-8,10H2,1-3H3. The lowest BCUT2D eigenvalue weighted by Crippen LogP contribution is -2.23. The summed E-state index contributed by atoms with van der Waals surface area (Å²) >= 11 is 11.9. The zero-order valence-electron chi connectivity index (χ0n) is 10.7. The Hall–Kier alpha value is -0.440. The molecule has 0 fully saturated rings. The van der Waals surface area contributed by atoms with Gasteiger partial charge < -0.3 is 9.80 Å². The third kappa shape index (κ3) is 4.74. The summed E-state index contributed by atoms with van der Waals surface area (Å²) in [5, 5.41) is 0.747. The average molecular weight is 275 g/mol. The summed E-state index contributed by atoms with van der Waals surface area (Å²) in [6, 6.07) is 6.04. The Morgan fingerprint density at radius 2 is 1.82 bits per heavy atom. The Bertz CT molecular complexity index is 353. The molecule has 0 spiro atoms. The molecule has 96 valence electrons. The Morgan fingerprint density at radius 1 is 1.12 bits per heavy atom. The summed E-state index contributed by atoms with van der Waals surface area (Å²) in [6.45, 7) is 2.12. The molecule has 0 atom stereocenters. The molecule has 0 heterocycles. The van der Waals surface area contributed by atoms with Gasteiger partial charge >= 0.3 is 0 Å². The molecule has 1 aromatic carbocycles. The zero-order chi connectivity index (χ0) is 12.8. The van der Waals surface area contributed by atoms with Crippen LogP contribution in [0.1, 0.15) is 12.0 Å². The minimum atomic E-state index is 0.462. The van der Waals surface area contributed by atoms with Gasteiger partial charge in [-0.3, -0.25) is 0 Å². The van der Waals surface area contributed by atoms with Crippen LogP contribution in [0.5, 0.6) is 0 Å². The van der Waals surface area contributed by atoms with Crippen molar-refractivity contribution in [1.82, 2.24) is 4.90 Å². The molecule has 0 aromatic heterocycles. The summed E-state index contributed by atoms with van der Waals surface area (Å²) in [5.41, 5.74) is 2.13. The molecule has 4 heteroatoms. The van der Waals surface area contributed by atoms with Crippen molar-refractivity contribution in [2.24, 2.45) is 0 Å². The molecular formula is C13H20Cl2N2. The van der Waals surface area contributed by atoms with E-state index >= 15 is 0 Å². The number of halogens is 2. The van der Waals surface area contributed by atoms with E-state index in [1.807, 2.05) is 12.1 Å². The normalized spacial score (nSPS) is 10.9. The van der Waals surface area contributed by atoms with Crippen molar-refractivity contribution >= 4 is 28.9 Å². The van der Waals surface area contributed by atoms with Crippen molar-refractivity contribution in [3.05, 3.63) is 28.8 Å². The van der Waals surface area contributed by atoms with Gasteiger partial charge in [-0.2, -0.15) is 0 Å². The van der Waals surface area contributed by atoms with E-state index in [0.29, 0.717) is 5.88 Å². The van der Waals surface area contributed by atoms with E-state index in [1.54, 1.807) is 0 Å². The molecule has 0 saturated heterocycles. The number of alkyl halides is 1. The minimum Gasteiger partial charge on any atom is -0.375 e. The topological polar surface area (TPSA) is 6.48 Å². The van der Waals surface area contributed by atoms with E-state index in [9.17, 15) is 0 Å². The van der Waals surface area contributed by atoms with Gasteiger partial charge in [0.15, 0.2) is 0 Å². The second kappa shape index (κ2) is 7.10. The van der Waals surface area contributed by atoms with E-state index in [2.05, 4.69) is 37.0 Å². The molecular weight excluding hydrogens is 255 g/mol. The average Bonchev–Trinajstić information content (AvgIpc) is 2.28. The van der Waals surface area contributed by atoms with Crippen LogP contribution in [0.15, 0.2) is 18.2 Å². The van der Waals surface area contributed by atoms with Crippen LogP contribution in [0, 0.1) is 0 Å². The van der Waals surface area contributed by atoms with Gasteiger partial charge in [0.1, 0.15) is 0 Å². The molecule has 0 radical (unpaired) electrons. The summed E-state index contributed by atoms with van der Waals surface area (Å²) in [7, 11) is 6.26. The van der Waals surface area contributed by atoms with Crippen molar-refractivity contribution in [2.75, 3.05) is 39.1 Å². The highest BCUT2D eigenvalue weighted by Gasteiger charge is 2.05. The quantitative estimate of drug-likeness (QED) is 0.733. The van der Waals surface area contributed by atoms with Crippen molar-refractivity contribution < 1.29 is 0 Å². The smallest absolute Gasteiger partial charge is 0.0488 e. The summed E-state index contributed by atoms with van der Waals surface area (Å²) in [6.07, 6.45) is 1.14. The number of benzene rings is 1. The predicted octanol–water partition coefficient (Wildman–Crippen LogP) is 3.47. The molecule has 1 aromatic rings. The molecule has 0 bridgehead atoms. The summed E-state index contributed by atoms with van der Waals surface area (Å²) < 4.78 is 0. The van der Waals surface area contributed by atoms with E-state index in [4.69, 9.17) is 23.2 Å². The molecule has 0 N–H and O–H groups in total. The molecule has 17 heavy (non-hydrogen) atoms. The van der Waals surface area contributed by atoms with Crippen LogP contribution in [-0.4, -0.2) is 39.1 Å². The molecule has 0 saturated carbocycles. The van der Waals surface area contributed by atoms with Gasteiger partial charge in [0.25, 0.3) is 0 Å². The Labute approximate surface area is 114 Å². The fraction of sp³-hybridized carbons (Fsp3) is 0.538. The van der Waals surface area contributed by atoms with Gasteiger partial charge in [-0.15, -0.1) is 11.6 Å². The molecule has 0 aliphatic heterocycles. The van der Waals surface area contributed by atoms with Crippen LogP contribution in [0.3, 0.4) is 0 Å². The molecule has 1 rings (SSSR count). The Morgan fingerprint density at radius 3 is 2.35 bits per heavy atom. The highest BCUT2D eigenvalue weighted by atomic mass is 35.5. The second-order valence-corrected chi connectivity index (χ2v) is 5.16. The first-order chi connectivity index (χ1) is 8.04. The van der Waals surface area contributed by atoms with Gasteiger partial charge in [-0.1, -0.05) is 17.7 Å². The van der Waals surface area contributed by atoms with Crippen LogP contribution in [0.4, 0.5) is 5.69 Å². The van der Waals surface area contributed by atoms with Crippen molar-refractivity contribution in [3.8, 4) is 0 Å². The Kier molecular flexibility index (Phi) is 6.10. The predicted molar refractivity (Wildman–Crippen MR) is 77.5 cm³/mol. The van der Waals surface area contributed by atoms with E-state index in [1.165, 1.54) is 0 Å². The maximum absolute atomic E-state index is 6.14.